The van der Waals surface area contributed by atoms with Crippen LogP contribution in [0.4, 0.5) is 4.39 Å². The summed E-state index contributed by atoms with van der Waals surface area (Å²) < 4.78 is 26.6. The minimum Gasteiger partial charge on any atom is -0.326 e. The number of benzene rings is 1. The van der Waals surface area contributed by atoms with Gasteiger partial charge in [0.25, 0.3) is 0 Å². The molecule has 19 heavy (non-hydrogen) atoms. The SMILES string of the molecule is CC(Cl)c1nc2cc(Cl)c(F)cc2n1CCS(C)=O. The Kier molecular flexibility index (Phi) is 4.48. The predicted octanol–water partition coefficient (Wildman–Crippen LogP) is 3.51. The Morgan fingerprint density at radius 2 is 2.21 bits per heavy atom. The first-order valence-electron chi connectivity index (χ1n) is 5.69. The molecule has 1 aromatic heterocycles. The van der Waals surface area contributed by atoms with Gasteiger partial charge >= 0.3 is 0 Å². The number of halogens is 3. The summed E-state index contributed by atoms with van der Waals surface area (Å²) in [6.07, 6.45) is 1.63. The molecule has 7 heteroatoms. The van der Waals surface area contributed by atoms with Crippen molar-refractivity contribution < 1.29 is 8.60 Å². The van der Waals surface area contributed by atoms with Crippen molar-refractivity contribution in [2.24, 2.45) is 0 Å². The average molecular weight is 323 g/mol. The summed E-state index contributed by atoms with van der Waals surface area (Å²) in [5.41, 5.74) is 1.21. The van der Waals surface area contributed by atoms with Gasteiger partial charge in [0.2, 0.25) is 0 Å². The lowest BCUT2D eigenvalue weighted by Gasteiger charge is -2.09. The molecule has 0 bridgehead atoms. The number of hydrogen-bond acceptors (Lipinski definition) is 2. The average Bonchev–Trinajstić information content (AvgIpc) is 2.65. The van der Waals surface area contributed by atoms with E-state index in [2.05, 4.69) is 4.98 Å². The maximum atomic E-state index is 13.6. The molecule has 2 rings (SSSR count). The van der Waals surface area contributed by atoms with E-state index >= 15 is 0 Å². The fourth-order valence-corrected chi connectivity index (χ4v) is 2.66. The monoisotopic (exact) mass is 322 g/mol. The van der Waals surface area contributed by atoms with Crippen molar-refractivity contribution >= 4 is 45.0 Å². The second-order valence-corrected chi connectivity index (χ2v) is 6.89. The molecule has 0 saturated carbocycles. The van der Waals surface area contributed by atoms with E-state index < -0.39 is 16.6 Å². The topological polar surface area (TPSA) is 34.9 Å². The molecule has 104 valence electrons. The number of imidazole rings is 1. The van der Waals surface area contributed by atoms with Gasteiger partial charge in [-0.1, -0.05) is 11.6 Å². The van der Waals surface area contributed by atoms with Crippen molar-refractivity contribution in [3.05, 3.63) is 28.8 Å². The molecule has 1 aromatic carbocycles. The van der Waals surface area contributed by atoms with Crippen LogP contribution in [0.25, 0.3) is 11.0 Å². The molecule has 0 spiro atoms. The maximum absolute atomic E-state index is 13.6. The minimum atomic E-state index is -0.936. The second-order valence-electron chi connectivity index (χ2n) is 4.27. The van der Waals surface area contributed by atoms with Crippen LogP contribution in [0.15, 0.2) is 12.1 Å². The van der Waals surface area contributed by atoms with Crippen LogP contribution in [-0.2, 0) is 17.3 Å². The Morgan fingerprint density at radius 1 is 1.53 bits per heavy atom. The van der Waals surface area contributed by atoms with Crippen LogP contribution in [0.1, 0.15) is 18.1 Å². The van der Waals surface area contributed by atoms with Crippen LogP contribution in [0.5, 0.6) is 0 Å². The number of alkyl halides is 1. The van der Waals surface area contributed by atoms with Crippen molar-refractivity contribution in [1.29, 1.82) is 0 Å². The minimum absolute atomic E-state index is 0.0324. The zero-order valence-electron chi connectivity index (χ0n) is 10.5. The quantitative estimate of drug-likeness (QED) is 0.807. The molecule has 0 aliphatic rings. The van der Waals surface area contributed by atoms with Gasteiger partial charge < -0.3 is 4.57 Å². The molecule has 3 nitrogen and oxygen atoms in total. The van der Waals surface area contributed by atoms with E-state index in [1.54, 1.807) is 17.7 Å². The van der Waals surface area contributed by atoms with E-state index in [1.165, 1.54) is 12.1 Å². The smallest absolute Gasteiger partial charge is 0.144 e. The van der Waals surface area contributed by atoms with Gasteiger partial charge in [0.05, 0.1) is 21.4 Å². The molecular formula is C12H13Cl2FN2OS. The molecule has 0 amide bonds. The number of nitrogens with zero attached hydrogens (tertiary/aromatic N) is 2. The number of aryl methyl sites for hydroxylation is 1. The van der Waals surface area contributed by atoms with Gasteiger partial charge in [-0.3, -0.25) is 4.21 Å². The van der Waals surface area contributed by atoms with Crippen LogP contribution in [0, 0.1) is 5.82 Å². The molecule has 0 radical (unpaired) electrons. The highest BCUT2D eigenvalue weighted by Gasteiger charge is 2.17. The second kappa shape index (κ2) is 5.77. The molecule has 0 aliphatic heterocycles. The third-order valence-corrected chi connectivity index (χ3v) is 4.02. The third-order valence-electron chi connectivity index (χ3n) is 2.78. The van der Waals surface area contributed by atoms with E-state index in [0.29, 0.717) is 29.2 Å². The summed E-state index contributed by atoms with van der Waals surface area (Å²) >= 11 is 11.8. The molecule has 0 saturated heterocycles. The molecule has 0 N–H and O–H groups in total. The molecular weight excluding hydrogens is 310 g/mol. The van der Waals surface area contributed by atoms with Crippen LogP contribution in [0.3, 0.4) is 0 Å². The van der Waals surface area contributed by atoms with Crippen molar-refractivity contribution in [1.82, 2.24) is 9.55 Å². The normalized spacial score (nSPS) is 14.8. The van der Waals surface area contributed by atoms with Gasteiger partial charge in [0.1, 0.15) is 11.6 Å². The van der Waals surface area contributed by atoms with E-state index in [9.17, 15) is 8.60 Å². The van der Waals surface area contributed by atoms with E-state index in [-0.39, 0.29) is 10.4 Å². The van der Waals surface area contributed by atoms with E-state index in [4.69, 9.17) is 23.2 Å². The lowest BCUT2D eigenvalue weighted by Crippen LogP contribution is -2.10. The van der Waals surface area contributed by atoms with Gasteiger partial charge in [-0.05, 0) is 13.0 Å². The number of fused-ring (bicyclic) bond motifs is 1. The number of rotatable bonds is 4. The number of aromatic nitrogens is 2. The lowest BCUT2D eigenvalue weighted by atomic mass is 10.3. The Bertz CT molecular complexity index is 642. The van der Waals surface area contributed by atoms with Crippen molar-refractivity contribution in [2.45, 2.75) is 18.8 Å². The van der Waals surface area contributed by atoms with Crippen molar-refractivity contribution in [2.75, 3.05) is 12.0 Å². The third kappa shape index (κ3) is 3.09. The highest BCUT2D eigenvalue weighted by molar-refractivity contribution is 7.84. The molecule has 2 atom stereocenters. The molecule has 0 aliphatic carbocycles. The summed E-state index contributed by atoms with van der Waals surface area (Å²) in [6, 6.07) is 2.82. The summed E-state index contributed by atoms with van der Waals surface area (Å²) in [7, 11) is -0.936. The fourth-order valence-electron chi connectivity index (χ4n) is 1.90. The first-order valence-corrected chi connectivity index (χ1v) is 8.23. The summed E-state index contributed by atoms with van der Waals surface area (Å²) in [6.45, 7) is 2.27. The van der Waals surface area contributed by atoms with E-state index in [0.717, 1.165) is 0 Å². The lowest BCUT2D eigenvalue weighted by molar-refractivity contribution is 0.628. The van der Waals surface area contributed by atoms with Gasteiger partial charge in [-0.15, -0.1) is 11.6 Å². The largest absolute Gasteiger partial charge is 0.326 e. The summed E-state index contributed by atoms with van der Waals surface area (Å²) in [5, 5.41) is -0.287. The molecule has 2 unspecified atom stereocenters. The van der Waals surface area contributed by atoms with Crippen LogP contribution in [0.2, 0.25) is 5.02 Å². The first kappa shape index (κ1) is 14.8. The Labute approximate surface area is 123 Å². The highest BCUT2D eigenvalue weighted by atomic mass is 35.5. The predicted molar refractivity (Wildman–Crippen MR) is 77.9 cm³/mol. The number of hydrogen-bond donors (Lipinski definition) is 0. The standard InChI is InChI=1S/C12H13Cl2FN2OS/c1-7(13)12-16-10-5-8(14)9(15)6-11(10)17(12)3-4-19(2)18/h5-7H,3-4H2,1-2H3. The summed E-state index contributed by atoms with van der Waals surface area (Å²) in [4.78, 5) is 4.37. The van der Waals surface area contributed by atoms with Gasteiger partial charge in [0.15, 0.2) is 0 Å². The van der Waals surface area contributed by atoms with Gasteiger partial charge in [0, 0.05) is 35.4 Å². The Morgan fingerprint density at radius 3 is 2.79 bits per heavy atom. The van der Waals surface area contributed by atoms with Crippen LogP contribution < -0.4 is 0 Å². The van der Waals surface area contributed by atoms with Gasteiger partial charge in [-0.25, -0.2) is 9.37 Å². The Hall–Kier alpha value is -0.650. The zero-order chi connectivity index (χ0) is 14.2. The van der Waals surface area contributed by atoms with Crippen LogP contribution >= 0.6 is 23.2 Å². The first-order chi connectivity index (χ1) is 8.90. The zero-order valence-corrected chi connectivity index (χ0v) is 12.8. The summed E-state index contributed by atoms with van der Waals surface area (Å²) in [5.74, 6) is 0.595. The highest BCUT2D eigenvalue weighted by Crippen LogP contribution is 2.28. The fraction of sp³-hybridized carbons (Fsp3) is 0.417. The maximum Gasteiger partial charge on any atom is 0.144 e. The van der Waals surface area contributed by atoms with Crippen LogP contribution in [-0.4, -0.2) is 25.8 Å². The van der Waals surface area contributed by atoms with E-state index in [1.807, 2.05) is 0 Å². The molecule has 0 fully saturated rings. The molecule has 1 heterocycles. The Balaban J connectivity index is 2.58. The van der Waals surface area contributed by atoms with Crippen molar-refractivity contribution in [3.8, 4) is 0 Å². The van der Waals surface area contributed by atoms with Crippen molar-refractivity contribution in [3.63, 3.8) is 0 Å². The van der Waals surface area contributed by atoms with Gasteiger partial charge in [-0.2, -0.15) is 0 Å². The molecule has 2 aromatic rings.